The van der Waals surface area contributed by atoms with Crippen LogP contribution < -0.4 is 0 Å². The lowest BCUT2D eigenvalue weighted by molar-refractivity contribution is 0.482. The summed E-state index contributed by atoms with van der Waals surface area (Å²) in [6.07, 6.45) is 0.626. The first-order valence-electron chi connectivity index (χ1n) is 8.06. The average Bonchev–Trinajstić information content (AvgIpc) is 2.39. The summed E-state index contributed by atoms with van der Waals surface area (Å²) in [6.45, 7) is 14.2. The zero-order valence-electron chi connectivity index (χ0n) is 14.2. The molecule has 0 rings (SSSR count). The van der Waals surface area contributed by atoms with Gasteiger partial charge < -0.3 is 0 Å². The molecule has 0 aromatic heterocycles. The zero-order valence-corrected chi connectivity index (χ0v) is 17.0. The van der Waals surface area contributed by atoms with E-state index in [0.717, 1.165) is 11.2 Å². The van der Waals surface area contributed by atoms with Crippen LogP contribution in [0.5, 0.6) is 0 Å². The molecular weight excluding hydrogens is 304 g/mol. The lowest BCUT2D eigenvalue weighted by atomic mass is 10.6. The molecule has 0 radical (unpaired) electrons. The second-order valence-electron chi connectivity index (χ2n) is 6.54. The first-order chi connectivity index (χ1) is 9.10. The van der Waals surface area contributed by atoms with E-state index in [2.05, 4.69) is 41.2 Å². The van der Waals surface area contributed by atoms with Crippen molar-refractivity contribution in [3.05, 3.63) is 0 Å². The van der Waals surface area contributed by atoms with Crippen LogP contribution in [0.25, 0.3) is 0 Å². The van der Waals surface area contributed by atoms with Crippen molar-refractivity contribution in [2.24, 2.45) is 0 Å². The molecular formula is C14H34O3SSi2. The molecule has 2 unspecified atom stereocenters. The molecule has 0 fully saturated rings. The molecule has 20 heavy (non-hydrogen) atoms. The Hall–Kier alpha value is 0.344. The molecule has 0 aliphatic rings. The van der Waals surface area contributed by atoms with E-state index >= 15 is 0 Å². The van der Waals surface area contributed by atoms with Crippen molar-refractivity contribution in [1.82, 2.24) is 0 Å². The first kappa shape index (κ1) is 20.3. The SMILES string of the molecule is CC[Si](C)(CCCS(=O)(=O)O)C(C)[Si](CC)(CC)CC. The lowest BCUT2D eigenvalue weighted by Gasteiger charge is -2.45. The highest BCUT2D eigenvalue weighted by atomic mass is 32.2. The third-order valence-corrected chi connectivity index (χ3v) is 22.0. The predicted molar refractivity (Wildman–Crippen MR) is 94.6 cm³/mol. The predicted octanol–water partition coefficient (Wildman–Crippen LogP) is 4.80. The van der Waals surface area contributed by atoms with Crippen molar-refractivity contribution >= 4 is 26.3 Å². The monoisotopic (exact) mass is 338 g/mol. The molecule has 2 atom stereocenters. The quantitative estimate of drug-likeness (QED) is 0.460. The summed E-state index contributed by atoms with van der Waals surface area (Å²) in [7, 11) is -6.46. The molecule has 0 bridgehead atoms. The van der Waals surface area contributed by atoms with Crippen LogP contribution in [-0.4, -0.2) is 34.9 Å². The van der Waals surface area contributed by atoms with Crippen molar-refractivity contribution in [1.29, 1.82) is 0 Å². The summed E-state index contributed by atoms with van der Waals surface area (Å²) in [4.78, 5) is 0. The van der Waals surface area contributed by atoms with Crippen molar-refractivity contribution in [3.8, 4) is 0 Å². The Morgan fingerprint density at radius 3 is 1.75 bits per heavy atom. The second-order valence-corrected chi connectivity index (χ2v) is 19.8. The summed E-state index contributed by atoms with van der Waals surface area (Å²) in [6, 6.07) is 6.25. The molecule has 0 aliphatic heterocycles. The van der Waals surface area contributed by atoms with Crippen molar-refractivity contribution < 1.29 is 13.0 Å². The van der Waals surface area contributed by atoms with E-state index in [9.17, 15) is 8.42 Å². The molecule has 6 heteroatoms. The van der Waals surface area contributed by atoms with Gasteiger partial charge in [-0.05, 0) is 6.42 Å². The number of hydrogen-bond donors (Lipinski definition) is 1. The van der Waals surface area contributed by atoms with Crippen LogP contribution in [0.3, 0.4) is 0 Å². The largest absolute Gasteiger partial charge is 0.286 e. The van der Waals surface area contributed by atoms with Crippen molar-refractivity contribution in [2.75, 3.05) is 5.75 Å². The fourth-order valence-corrected chi connectivity index (χ4v) is 19.0. The standard InChI is InChI=1S/C14H34O3SSi2/c1-7-19(6,13-11-12-18(15,16)17)14(5)20(8-2,9-3)10-4/h14H,7-13H2,1-6H3,(H,15,16,17). The molecule has 0 saturated heterocycles. The summed E-state index contributed by atoms with van der Waals surface area (Å²) < 4.78 is 30.8. The van der Waals surface area contributed by atoms with Gasteiger partial charge >= 0.3 is 0 Å². The minimum atomic E-state index is -3.80. The number of hydrogen-bond acceptors (Lipinski definition) is 2. The number of rotatable bonds is 10. The molecule has 0 aromatic rings. The van der Waals surface area contributed by atoms with Gasteiger partial charge in [-0.3, -0.25) is 4.55 Å². The summed E-state index contributed by atoms with van der Waals surface area (Å²) in [5, 5.41) is 0.821. The van der Waals surface area contributed by atoms with Crippen LogP contribution in [0, 0.1) is 0 Å². The van der Waals surface area contributed by atoms with E-state index in [1.807, 2.05) is 0 Å². The Morgan fingerprint density at radius 1 is 1.00 bits per heavy atom. The summed E-state index contributed by atoms with van der Waals surface area (Å²) in [5.74, 6) is -0.0682. The van der Waals surface area contributed by atoms with Crippen molar-refractivity contribution in [2.45, 2.75) is 83.0 Å². The van der Waals surface area contributed by atoms with E-state index in [1.165, 1.54) is 24.2 Å². The van der Waals surface area contributed by atoms with Gasteiger partial charge in [0.25, 0.3) is 10.1 Å². The van der Waals surface area contributed by atoms with E-state index in [4.69, 9.17) is 4.55 Å². The van der Waals surface area contributed by atoms with Gasteiger partial charge in [0.15, 0.2) is 0 Å². The molecule has 1 N–H and O–H groups in total. The Bertz CT molecular complexity index is 372. The maximum Gasteiger partial charge on any atom is 0.264 e. The Kier molecular flexibility index (Phi) is 8.24. The molecule has 0 aliphatic carbocycles. The molecule has 0 saturated carbocycles. The van der Waals surface area contributed by atoms with E-state index in [0.29, 0.717) is 6.42 Å². The van der Waals surface area contributed by atoms with E-state index in [-0.39, 0.29) is 5.75 Å². The minimum absolute atomic E-state index is 0.0682. The van der Waals surface area contributed by atoms with Crippen LogP contribution in [0.1, 0.15) is 41.0 Å². The maximum absolute atomic E-state index is 10.9. The molecule has 122 valence electrons. The summed E-state index contributed by atoms with van der Waals surface area (Å²) in [5.41, 5.74) is 0. The summed E-state index contributed by atoms with van der Waals surface area (Å²) >= 11 is 0. The molecule has 0 amide bonds. The van der Waals surface area contributed by atoms with Crippen LogP contribution in [0.2, 0.25) is 41.9 Å². The minimum Gasteiger partial charge on any atom is -0.286 e. The second kappa shape index (κ2) is 8.10. The topological polar surface area (TPSA) is 54.4 Å². The highest BCUT2D eigenvalue weighted by molar-refractivity contribution is 7.85. The van der Waals surface area contributed by atoms with Crippen LogP contribution in [0.4, 0.5) is 0 Å². The van der Waals surface area contributed by atoms with Crippen LogP contribution in [-0.2, 0) is 10.1 Å². The zero-order chi connectivity index (χ0) is 16.0. The Labute approximate surface area is 128 Å². The third kappa shape index (κ3) is 5.27. The third-order valence-electron chi connectivity index (χ3n) is 6.03. The molecule has 0 spiro atoms. The van der Waals surface area contributed by atoms with Gasteiger partial charge in [0.2, 0.25) is 0 Å². The normalized spacial score (nSPS) is 17.8. The van der Waals surface area contributed by atoms with Gasteiger partial charge in [-0.15, -0.1) is 0 Å². The van der Waals surface area contributed by atoms with Gasteiger partial charge in [0.1, 0.15) is 0 Å². The van der Waals surface area contributed by atoms with E-state index < -0.39 is 26.3 Å². The first-order valence-corrected chi connectivity index (χ1v) is 15.4. The fourth-order valence-electron chi connectivity index (χ4n) is 3.77. The highest BCUT2D eigenvalue weighted by Crippen LogP contribution is 2.43. The fraction of sp³-hybridized carbons (Fsp3) is 1.00. The van der Waals surface area contributed by atoms with E-state index in [1.54, 1.807) is 0 Å². The average molecular weight is 339 g/mol. The van der Waals surface area contributed by atoms with Gasteiger partial charge in [0.05, 0.1) is 21.9 Å². The maximum atomic E-state index is 10.9. The van der Waals surface area contributed by atoms with Gasteiger partial charge in [-0.25, -0.2) is 0 Å². The molecule has 0 aromatic carbocycles. The molecule has 3 nitrogen and oxygen atoms in total. The smallest absolute Gasteiger partial charge is 0.264 e. The van der Waals surface area contributed by atoms with Gasteiger partial charge in [-0.1, -0.05) is 76.6 Å². The Morgan fingerprint density at radius 2 is 1.45 bits per heavy atom. The van der Waals surface area contributed by atoms with Gasteiger partial charge in [-0.2, -0.15) is 8.42 Å². The van der Waals surface area contributed by atoms with Gasteiger partial charge in [0, 0.05) is 0 Å². The van der Waals surface area contributed by atoms with Crippen LogP contribution >= 0.6 is 0 Å². The Balaban J connectivity index is 5.01. The highest BCUT2D eigenvalue weighted by Gasteiger charge is 2.44. The molecule has 0 heterocycles. The van der Waals surface area contributed by atoms with Crippen molar-refractivity contribution in [3.63, 3.8) is 0 Å². The lowest BCUT2D eigenvalue weighted by Crippen LogP contribution is -2.50. The van der Waals surface area contributed by atoms with Crippen LogP contribution in [0.15, 0.2) is 0 Å².